The average Bonchev–Trinajstić information content (AvgIpc) is 2.51. The summed E-state index contributed by atoms with van der Waals surface area (Å²) in [6.07, 6.45) is -5.12. The number of amides is 1. The van der Waals surface area contributed by atoms with Gasteiger partial charge in [-0.2, -0.15) is 13.2 Å². The summed E-state index contributed by atoms with van der Waals surface area (Å²) in [5, 5.41) is 11.3. The molecule has 2 aromatic rings. The van der Waals surface area contributed by atoms with E-state index in [1.165, 1.54) is 42.1 Å². The normalized spacial score (nSPS) is 14.0. The van der Waals surface area contributed by atoms with E-state index in [4.69, 9.17) is 11.6 Å². The molecule has 0 aliphatic rings. The van der Waals surface area contributed by atoms with Crippen LogP contribution in [0.15, 0.2) is 52.3 Å². The monoisotopic (exact) mass is 393 g/mol. The van der Waals surface area contributed by atoms with Gasteiger partial charge in [-0.25, -0.2) is 4.39 Å². The first-order chi connectivity index (χ1) is 11.5. The number of alkyl halides is 3. The second-order valence-corrected chi connectivity index (χ2v) is 6.78. The van der Waals surface area contributed by atoms with Crippen LogP contribution >= 0.6 is 23.4 Å². The third-order valence-electron chi connectivity index (χ3n) is 3.23. The van der Waals surface area contributed by atoms with Crippen LogP contribution in [0.1, 0.15) is 6.92 Å². The summed E-state index contributed by atoms with van der Waals surface area (Å²) in [6, 6.07) is 9.98. The van der Waals surface area contributed by atoms with Crippen molar-refractivity contribution in [3.8, 4) is 0 Å². The van der Waals surface area contributed by atoms with Gasteiger partial charge < -0.3 is 10.4 Å². The van der Waals surface area contributed by atoms with Crippen LogP contribution < -0.4 is 5.32 Å². The Hall–Kier alpha value is -1.77. The summed E-state index contributed by atoms with van der Waals surface area (Å²) in [4.78, 5) is 13.0. The molecule has 0 heterocycles. The summed E-state index contributed by atoms with van der Waals surface area (Å²) in [7, 11) is 0. The molecule has 0 radical (unpaired) electrons. The van der Waals surface area contributed by atoms with Crippen LogP contribution in [-0.4, -0.2) is 22.8 Å². The lowest BCUT2D eigenvalue weighted by Gasteiger charge is -2.25. The van der Waals surface area contributed by atoms with Crippen molar-refractivity contribution >= 4 is 35.0 Å². The molecule has 1 amide bonds. The Bertz CT molecular complexity index is 779. The molecule has 0 aliphatic heterocycles. The molecule has 9 heteroatoms. The quantitative estimate of drug-likeness (QED) is 0.728. The lowest BCUT2D eigenvalue weighted by Crippen LogP contribution is -2.52. The number of carbonyl (C=O) groups excluding carboxylic acids is 1. The van der Waals surface area contributed by atoms with Gasteiger partial charge in [-0.15, -0.1) is 0 Å². The van der Waals surface area contributed by atoms with E-state index in [0.29, 0.717) is 11.8 Å². The second kappa shape index (κ2) is 7.23. The maximum absolute atomic E-state index is 12.9. The van der Waals surface area contributed by atoms with Crippen LogP contribution in [0.3, 0.4) is 0 Å². The topological polar surface area (TPSA) is 49.3 Å². The molecule has 0 aromatic heterocycles. The van der Waals surface area contributed by atoms with Gasteiger partial charge in [0.15, 0.2) is 0 Å². The molecule has 1 unspecified atom stereocenters. The summed E-state index contributed by atoms with van der Waals surface area (Å²) < 4.78 is 50.8. The first kappa shape index (κ1) is 19.6. The third-order valence-corrected chi connectivity index (χ3v) is 4.54. The Kier molecular flexibility index (Phi) is 5.65. The minimum atomic E-state index is -5.12. The number of anilines is 1. The molecule has 0 aliphatic carbocycles. The van der Waals surface area contributed by atoms with E-state index in [1.807, 2.05) is 5.32 Å². The number of nitrogens with one attached hydrogen (secondary N) is 1. The van der Waals surface area contributed by atoms with E-state index in [1.54, 1.807) is 12.1 Å². The second-order valence-electron chi connectivity index (χ2n) is 5.22. The van der Waals surface area contributed by atoms with Crippen molar-refractivity contribution in [1.82, 2.24) is 0 Å². The van der Waals surface area contributed by atoms with Crippen LogP contribution in [-0.2, 0) is 4.79 Å². The van der Waals surface area contributed by atoms with Crippen LogP contribution in [0.2, 0.25) is 5.02 Å². The van der Waals surface area contributed by atoms with E-state index in [-0.39, 0.29) is 16.5 Å². The Morgan fingerprint density at radius 1 is 1.12 bits per heavy atom. The predicted octanol–water partition coefficient (Wildman–Crippen LogP) is 4.88. The smallest absolute Gasteiger partial charge is 0.373 e. The Morgan fingerprint density at radius 2 is 1.68 bits per heavy atom. The Morgan fingerprint density at radius 3 is 2.20 bits per heavy atom. The van der Waals surface area contributed by atoms with Crippen molar-refractivity contribution in [1.29, 1.82) is 0 Å². The number of carbonyl (C=O) groups is 1. The third kappa shape index (κ3) is 4.65. The average molecular weight is 394 g/mol. The molecule has 2 N–H and O–H groups in total. The molecule has 1 atom stereocenters. The predicted molar refractivity (Wildman–Crippen MR) is 87.3 cm³/mol. The van der Waals surface area contributed by atoms with Gasteiger partial charge in [-0.3, -0.25) is 4.79 Å². The largest absolute Gasteiger partial charge is 0.426 e. The molecule has 0 spiro atoms. The van der Waals surface area contributed by atoms with Gasteiger partial charge in [0, 0.05) is 9.79 Å². The standard InChI is InChI=1S/C16H12ClF4NO2S/c1-15(24,16(19,20)21)14(23)22-13-7-6-11(8-12(13)17)25-10-4-2-9(18)3-5-10/h2-8,24H,1H3,(H,22,23). The molecule has 134 valence electrons. The minimum Gasteiger partial charge on any atom is -0.373 e. The number of benzene rings is 2. The molecule has 2 aromatic carbocycles. The molecule has 0 saturated heterocycles. The summed E-state index contributed by atoms with van der Waals surface area (Å²) in [5.74, 6) is -2.02. The molecule has 3 nitrogen and oxygen atoms in total. The zero-order valence-electron chi connectivity index (χ0n) is 12.7. The van der Waals surface area contributed by atoms with Gasteiger partial charge in [0.05, 0.1) is 10.7 Å². The molecular formula is C16H12ClF4NO2S. The molecule has 25 heavy (non-hydrogen) atoms. The van der Waals surface area contributed by atoms with E-state index < -0.39 is 17.7 Å². The van der Waals surface area contributed by atoms with Crippen molar-refractivity contribution in [2.75, 3.05) is 5.32 Å². The Labute approximate surface area is 150 Å². The lowest BCUT2D eigenvalue weighted by molar-refractivity contribution is -0.242. The lowest BCUT2D eigenvalue weighted by atomic mass is 10.1. The number of hydrogen-bond acceptors (Lipinski definition) is 3. The summed E-state index contributed by atoms with van der Waals surface area (Å²) in [6.45, 7) is 0.356. The fourth-order valence-corrected chi connectivity index (χ4v) is 2.82. The number of rotatable bonds is 4. The van der Waals surface area contributed by atoms with E-state index in [0.717, 1.165) is 4.90 Å². The fourth-order valence-electron chi connectivity index (χ4n) is 1.67. The SMILES string of the molecule is CC(O)(C(=O)Nc1ccc(Sc2ccc(F)cc2)cc1Cl)C(F)(F)F. The van der Waals surface area contributed by atoms with E-state index in [2.05, 4.69) is 0 Å². The molecule has 0 fully saturated rings. The van der Waals surface area contributed by atoms with Gasteiger partial charge in [0.2, 0.25) is 5.60 Å². The Balaban J connectivity index is 2.14. The van der Waals surface area contributed by atoms with Crippen LogP contribution in [0.5, 0.6) is 0 Å². The maximum atomic E-state index is 12.9. The van der Waals surface area contributed by atoms with Crippen LogP contribution in [0, 0.1) is 5.82 Å². The maximum Gasteiger partial charge on any atom is 0.426 e. The highest BCUT2D eigenvalue weighted by Crippen LogP contribution is 2.35. The van der Waals surface area contributed by atoms with Crippen molar-refractivity contribution in [3.05, 3.63) is 53.3 Å². The van der Waals surface area contributed by atoms with Gasteiger partial charge >= 0.3 is 6.18 Å². The van der Waals surface area contributed by atoms with Crippen LogP contribution in [0.25, 0.3) is 0 Å². The van der Waals surface area contributed by atoms with Crippen LogP contribution in [0.4, 0.5) is 23.2 Å². The summed E-state index contributed by atoms with van der Waals surface area (Å²) >= 11 is 7.23. The van der Waals surface area contributed by atoms with Crippen molar-refractivity contribution in [2.45, 2.75) is 28.5 Å². The van der Waals surface area contributed by atoms with Crippen molar-refractivity contribution in [2.24, 2.45) is 0 Å². The highest BCUT2D eigenvalue weighted by atomic mass is 35.5. The molecule has 0 saturated carbocycles. The molecule has 0 bridgehead atoms. The number of hydrogen-bond donors (Lipinski definition) is 2. The van der Waals surface area contributed by atoms with Gasteiger partial charge in [0.25, 0.3) is 5.91 Å². The summed E-state index contributed by atoms with van der Waals surface area (Å²) in [5.41, 5.74) is -3.61. The number of aliphatic hydroxyl groups is 1. The first-order valence-corrected chi connectivity index (χ1v) is 8.03. The highest BCUT2D eigenvalue weighted by Gasteiger charge is 2.55. The fraction of sp³-hybridized carbons (Fsp3) is 0.188. The van der Waals surface area contributed by atoms with Crippen molar-refractivity contribution < 1.29 is 27.5 Å². The molecular weight excluding hydrogens is 382 g/mol. The van der Waals surface area contributed by atoms with E-state index in [9.17, 15) is 27.5 Å². The van der Waals surface area contributed by atoms with Gasteiger partial charge in [-0.1, -0.05) is 23.4 Å². The molecule has 2 rings (SSSR count). The van der Waals surface area contributed by atoms with Crippen molar-refractivity contribution in [3.63, 3.8) is 0 Å². The van der Waals surface area contributed by atoms with Gasteiger partial charge in [0.1, 0.15) is 5.82 Å². The van der Waals surface area contributed by atoms with E-state index >= 15 is 0 Å². The zero-order chi connectivity index (χ0) is 18.8. The highest BCUT2D eigenvalue weighted by molar-refractivity contribution is 7.99. The van der Waals surface area contributed by atoms with Gasteiger partial charge in [-0.05, 0) is 49.4 Å². The zero-order valence-corrected chi connectivity index (χ0v) is 14.3. The minimum absolute atomic E-state index is 0.00145. The number of halogens is 5. The first-order valence-electron chi connectivity index (χ1n) is 6.84.